The maximum absolute atomic E-state index is 12.6. The van der Waals surface area contributed by atoms with E-state index in [1.165, 1.54) is 0 Å². The van der Waals surface area contributed by atoms with E-state index >= 15 is 0 Å². The summed E-state index contributed by atoms with van der Waals surface area (Å²) in [7, 11) is 0. The van der Waals surface area contributed by atoms with Crippen LogP contribution in [0.3, 0.4) is 0 Å². The van der Waals surface area contributed by atoms with Gasteiger partial charge in [0.1, 0.15) is 5.82 Å². The van der Waals surface area contributed by atoms with E-state index in [1.54, 1.807) is 0 Å². The van der Waals surface area contributed by atoms with Gasteiger partial charge in [-0.15, -0.1) is 0 Å². The van der Waals surface area contributed by atoms with Gasteiger partial charge in [0.05, 0.1) is 12.2 Å². The molecule has 1 aromatic rings. The van der Waals surface area contributed by atoms with E-state index in [1.807, 2.05) is 9.80 Å². The normalized spacial score (nSPS) is 25.3. The van der Waals surface area contributed by atoms with E-state index < -0.39 is 0 Å². The summed E-state index contributed by atoms with van der Waals surface area (Å²) in [6.45, 7) is 2.44. The predicted octanol–water partition coefficient (Wildman–Crippen LogP) is 1.18. The number of nitrogens with zero attached hydrogens (tertiary/aromatic N) is 3. The zero-order valence-electron chi connectivity index (χ0n) is 15.6. The standard InChI is InChI=1S/C20H26N4O3/c25-18-15-7-9-24(20(27)13-4-5-13)11-16(15)21-17(22-18)14-6-8-23(10-14)19(26)12-2-1-3-12/h12-14H,1-11H2,(H,21,22,25)/t14-/m1/s1. The molecule has 0 radical (unpaired) electrons. The summed E-state index contributed by atoms with van der Waals surface area (Å²) in [4.78, 5) is 48.9. The highest BCUT2D eigenvalue weighted by molar-refractivity contribution is 5.81. The third-order valence-electron chi connectivity index (χ3n) is 6.67. The maximum Gasteiger partial charge on any atom is 0.254 e. The van der Waals surface area contributed by atoms with Crippen molar-refractivity contribution in [1.29, 1.82) is 0 Å². The van der Waals surface area contributed by atoms with Crippen LogP contribution in [-0.4, -0.2) is 51.2 Å². The van der Waals surface area contributed by atoms with E-state index in [4.69, 9.17) is 4.98 Å². The van der Waals surface area contributed by atoms with Gasteiger partial charge < -0.3 is 14.8 Å². The average Bonchev–Trinajstić information content (AvgIpc) is 3.35. The number of hydrogen-bond donors (Lipinski definition) is 1. The quantitative estimate of drug-likeness (QED) is 0.866. The molecule has 1 N–H and O–H groups in total. The van der Waals surface area contributed by atoms with Crippen LogP contribution in [0.15, 0.2) is 4.79 Å². The van der Waals surface area contributed by atoms with Crippen molar-refractivity contribution in [3.63, 3.8) is 0 Å². The maximum atomic E-state index is 12.6. The number of amides is 2. The molecular weight excluding hydrogens is 344 g/mol. The van der Waals surface area contributed by atoms with E-state index in [0.717, 1.165) is 56.3 Å². The minimum absolute atomic E-state index is 0.0720. The Kier molecular flexibility index (Phi) is 4.06. The summed E-state index contributed by atoms with van der Waals surface area (Å²) < 4.78 is 0. The molecule has 7 nitrogen and oxygen atoms in total. The number of nitrogens with one attached hydrogen (secondary N) is 1. The Morgan fingerprint density at radius 1 is 0.963 bits per heavy atom. The molecule has 2 amide bonds. The first kappa shape index (κ1) is 17.0. The van der Waals surface area contributed by atoms with Gasteiger partial charge in [-0.1, -0.05) is 6.42 Å². The molecule has 1 atom stereocenters. The van der Waals surface area contributed by atoms with Crippen molar-refractivity contribution in [2.45, 2.75) is 57.4 Å². The Labute approximate surface area is 158 Å². The molecule has 5 rings (SSSR count). The van der Waals surface area contributed by atoms with Crippen molar-refractivity contribution in [2.24, 2.45) is 11.8 Å². The molecule has 0 aromatic carbocycles. The number of H-pyrrole nitrogens is 1. The second-order valence-electron chi connectivity index (χ2n) is 8.56. The molecule has 2 aliphatic carbocycles. The lowest BCUT2D eigenvalue weighted by atomic mass is 9.84. The first-order valence-electron chi connectivity index (χ1n) is 10.3. The lowest BCUT2D eigenvalue weighted by molar-refractivity contribution is -0.137. The van der Waals surface area contributed by atoms with Crippen molar-refractivity contribution in [3.8, 4) is 0 Å². The van der Waals surface area contributed by atoms with Gasteiger partial charge in [-0.25, -0.2) is 4.98 Å². The second-order valence-corrected chi connectivity index (χ2v) is 8.56. The number of aromatic nitrogens is 2. The van der Waals surface area contributed by atoms with E-state index in [0.29, 0.717) is 31.9 Å². The highest BCUT2D eigenvalue weighted by Crippen LogP contribution is 2.34. The first-order valence-corrected chi connectivity index (χ1v) is 10.3. The zero-order valence-corrected chi connectivity index (χ0v) is 15.6. The predicted molar refractivity (Wildman–Crippen MR) is 98.0 cm³/mol. The van der Waals surface area contributed by atoms with Crippen molar-refractivity contribution in [2.75, 3.05) is 19.6 Å². The fourth-order valence-electron chi connectivity index (χ4n) is 4.53. The fourth-order valence-corrected chi connectivity index (χ4v) is 4.53. The van der Waals surface area contributed by atoms with Gasteiger partial charge in [0.15, 0.2) is 0 Å². The summed E-state index contributed by atoms with van der Waals surface area (Å²) in [5, 5.41) is 0. The van der Waals surface area contributed by atoms with Gasteiger partial charge >= 0.3 is 0 Å². The monoisotopic (exact) mass is 370 g/mol. The Bertz CT molecular complexity index is 840. The van der Waals surface area contributed by atoms with Crippen LogP contribution in [0.25, 0.3) is 0 Å². The number of aromatic amines is 1. The molecule has 1 aromatic heterocycles. The lowest BCUT2D eigenvalue weighted by Crippen LogP contribution is -2.40. The third-order valence-corrected chi connectivity index (χ3v) is 6.67. The summed E-state index contributed by atoms with van der Waals surface area (Å²) in [5.41, 5.74) is 1.40. The molecule has 1 saturated heterocycles. The Morgan fingerprint density at radius 3 is 2.41 bits per heavy atom. The summed E-state index contributed by atoms with van der Waals surface area (Å²) in [6.07, 6.45) is 6.58. The van der Waals surface area contributed by atoms with Crippen LogP contribution in [0, 0.1) is 11.8 Å². The van der Waals surface area contributed by atoms with E-state index in [-0.39, 0.29) is 35.1 Å². The zero-order chi connectivity index (χ0) is 18.5. The summed E-state index contributed by atoms with van der Waals surface area (Å²) in [6, 6.07) is 0. The molecule has 0 unspecified atom stereocenters. The van der Waals surface area contributed by atoms with Crippen molar-refractivity contribution >= 4 is 11.8 Å². The Hall–Kier alpha value is -2.18. The summed E-state index contributed by atoms with van der Waals surface area (Å²) >= 11 is 0. The van der Waals surface area contributed by atoms with Crippen LogP contribution in [0.2, 0.25) is 0 Å². The van der Waals surface area contributed by atoms with Crippen LogP contribution in [0.5, 0.6) is 0 Å². The Balaban J connectivity index is 1.33. The molecular formula is C20H26N4O3. The molecule has 3 fully saturated rings. The molecule has 0 spiro atoms. The molecule has 7 heteroatoms. The number of fused-ring (bicyclic) bond motifs is 1. The SMILES string of the molecule is O=C(C1CC1)N1CCc2c(nc([C@@H]3CCN(C(=O)C4CCC4)C3)[nH]c2=O)C1. The van der Waals surface area contributed by atoms with Gasteiger partial charge in [0.2, 0.25) is 11.8 Å². The highest BCUT2D eigenvalue weighted by Gasteiger charge is 2.37. The summed E-state index contributed by atoms with van der Waals surface area (Å²) in [5.74, 6) is 1.65. The van der Waals surface area contributed by atoms with Gasteiger partial charge in [0.25, 0.3) is 5.56 Å². The van der Waals surface area contributed by atoms with E-state index in [9.17, 15) is 14.4 Å². The van der Waals surface area contributed by atoms with Gasteiger partial charge in [-0.3, -0.25) is 14.4 Å². The molecule has 27 heavy (non-hydrogen) atoms. The smallest absolute Gasteiger partial charge is 0.254 e. The van der Waals surface area contributed by atoms with Crippen molar-refractivity contribution < 1.29 is 9.59 Å². The van der Waals surface area contributed by atoms with E-state index in [2.05, 4.69) is 4.98 Å². The number of likely N-dealkylation sites (tertiary alicyclic amines) is 1. The third kappa shape index (κ3) is 3.07. The van der Waals surface area contributed by atoms with Crippen LogP contribution in [0.1, 0.15) is 61.5 Å². The molecule has 0 bridgehead atoms. The lowest BCUT2D eigenvalue weighted by Gasteiger charge is -2.29. The first-order chi connectivity index (χ1) is 13.1. The largest absolute Gasteiger partial charge is 0.342 e. The van der Waals surface area contributed by atoms with Crippen LogP contribution < -0.4 is 5.56 Å². The minimum atomic E-state index is -0.0720. The van der Waals surface area contributed by atoms with Gasteiger partial charge in [-0.2, -0.15) is 0 Å². The number of carbonyl (C=O) groups excluding carboxylic acids is 2. The highest BCUT2D eigenvalue weighted by atomic mass is 16.2. The minimum Gasteiger partial charge on any atom is -0.342 e. The van der Waals surface area contributed by atoms with Crippen LogP contribution in [0.4, 0.5) is 0 Å². The molecule has 4 aliphatic rings. The number of hydrogen-bond acceptors (Lipinski definition) is 4. The topological polar surface area (TPSA) is 86.4 Å². The van der Waals surface area contributed by atoms with Crippen LogP contribution >= 0.6 is 0 Å². The van der Waals surface area contributed by atoms with Crippen molar-refractivity contribution in [3.05, 3.63) is 27.4 Å². The fraction of sp³-hybridized carbons (Fsp3) is 0.700. The number of carbonyl (C=O) groups is 2. The number of rotatable bonds is 3. The van der Waals surface area contributed by atoms with Gasteiger partial charge in [0, 0.05) is 43.0 Å². The van der Waals surface area contributed by atoms with Crippen LogP contribution in [-0.2, 0) is 22.6 Å². The molecule has 3 heterocycles. The van der Waals surface area contributed by atoms with Gasteiger partial charge in [-0.05, 0) is 38.5 Å². The second kappa shape index (κ2) is 6.46. The molecule has 2 aliphatic heterocycles. The van der Waals surface area contributed by atoms with Crippen molar-refractivity contribution in [1.82, 2.24) is 19.8 Å². The molecule has 144 valence electrons. The average molecular weight is 370 g/mol. The Morgan fingerprint density at radius 2 is 1.70 bits per heavy atom. The molecule has 2 saturated carbocycles.